The molecule has 2 heterocycles. The highest BCUT2D eigenvalue weighted by molar-refractivity contribution is 5.96. The van der Waals surface area contributed by atoms with E-state index < -0.39 is 24.2 Å². The SMILES string of the molecule is CN[C@@H](C)C(=O)N[C@H](C(=O)N1C[C@@H](OC)C[C@@H]1CN(CCc1ccccc1)C(=O)c1ccc(-c2ccc(C(=O)N(CCc3ccccc3)C[C@@H]3C[C@H](OC)CN3C(=O)[C@@H](NC(=O)[C@H](C)NC)C3CCCCC3)cc2)cc1)C1CCCCC1. The van der Waals surface area contributed by atoms with E-state index in [9.17, 15) is 28.8 Å². The molecule has 4 fully saturated rings. The number of hydrogen-bond donors (Lipinski definition) is 4. The van der Waals surface area contributed by atoms with Gasteiger partial charge >= 0.3 is 0 Å². The average Bonchev–Trinajstić information content (AvgIpc) is 4.27. The number of benzene rings is 4. The van der Waals surface area contributed by atoms with Crippen LogP contribution in [0.25, 0.3) is 11.1 Å². The van der Waals surface area contributed by atoms with Crippen molar-refractivity contribution < 1.29 is 38.2 Å². The number of hydrogen-bond acceptors (Lipinski definition) is 10. The van der Waals surface area contributed by atoms with E-state index in [1.165, 1.54) is 0 Å². The highest BCUT2D eigenvalue weighted by Gasteiger charge is 2.45. The lowest BCUT2D eigenvalue weighted by molar-refractivity contribution is -0.140. The van der Waals surface area contributed by atoms with Gasteiger partial charge in [-0.2, -0.15) is 0 Å². The lowest BCUT2D eigenvalue weighted by atomic mass is 9.83. The predicted molar refractivity (Wildman–Crippen MR) is 320 cm³/mol. The van der Waals surface area contributed by atoms with Gasteiger partial charge in [-0.05, 0) is 138 Å². The Morgan fingerprint density at radius 3 is 1.20 bits per heavy atom. The van der Waals surface area contributed by atoms with Gasteiger partial charge in [0.25, 0.3) is 11.8 Å². The summed E-state index contributed by atoms with van der Waals surface area (Å²) in [4.78, 5) is 93.5. The van der Waals surface area contributed by atoms with Crippen molar-refractivity contribution in [3.8, 4) is 11.1 Å². The zero-order chi connectivity index (χ0) is 58.1. The minimum absolute atomic E-state index is 0.0260. The third-order valence-electron chi connectivity index (χ3n) is 18.1. The summed E-state index contributed by atoms with van der Waals surface area (Å²) >= 11 is 0. The average molecular weight is 1120 g/mol. The van der Waals surface area contributed by atoms with E-state index >= 15 is 0 Å². The molecule has 16 heteroatoms. The summed E-state index contributed by atoms with van der Waals surface area (Å²) in [5.41, 5.74) is 4.97. The van der Waals surface area contributed by atoms with Gasteiger partial charge in [0.1, 0.15) is 12.1 Å². The normalized spacial score (nSPS) is 21.0. The zero-order valence-electron chi connectivity index (χ0n) is 49.4. The van der Waals surface area contributed by atoms with Crippen molar-refractivity contribution in [1.29, 1.82) is 0 Å². The Morgan fingerprint density at radius 1 is 0.512 bits per heavy atom. The van der Waals surface area contributed by atoms with Gasteiger partial charge in [-0.3, -0.25) is 28.8 Å². The molecule has 442 valence electrons. The van der Waals surface area contributed by atoms with Crippen LogP contribution in [0.3, 0.4) is 0 Å². The topological polar surface area (TPSA) is 182 Å². The van der Waals surface area contributed by atoms with Crippen molar-refractivity contribution in [3.63, 3.8) is 0 Å². The second-order valence-corrected chi connectivity index (χ2v) is 23.4. The number of carbonyl (C=O) groups is 6. The van der Waals surface area contributed by atoms with Gasteiger partial charge in [0.15, 0.2) is 0 Å². The van der Waals surface area contributed by atoms with Gasteiger partial charge in [0.05, 0.1) is 36.4 Å². The van der Waals surface area contributed by atoms with Crippen molar-refractivity contribution >= 4 is 35.4 Å². The monoisotopic (exact) mass is 1120 g/mol. The molecule has 4 aromatic carbocycles. The van der Waals surface area contributed by atoms with E-state index in [-0.39, 0.29) is 71.6 Å². The summed E-state index contributed by atoms with van der Waals surface area (Å²) in [6.07, 6.45) is 11.7. The molecule has 6 amide bonds. The third kappa shape index (κ3) is 16.0. The quantitative estimate of drug-likeness (QED) is 0.0526. The van der Waals surface area contributed by atoms with E-state index in [0.717, 1.165) is 86.5 Å². The lowest BCUT2D eigenvalue weighted by Crippen LogP contribution is -2.57. The van der Waals surface area contributed by atoms with Gasteiger partial charge < -0.3 is 50.3 Å². The van der Waals surface area contributed by atoms with Crippen LogP contribution in [0.4, 0.5) is 0 Å². The Balaban J connectivity index is 0.999. The fourth-order valence-electron chi connectivity index (χ4n) is 12.7. The number of ether oxygens (including phenoxy) is 2. The minimum Gasteiger partial charge on any atom is -0.380 e. The molecule has 2 saturated carbocycles. The number of carbonyl (C=O) groups excluding carboxylic acids is 6. The van der Waals surface area contributed by atoms with Crippen molar-refractivity contribution in [2.75, 3.05) is 67.6 Å². The standard InChI is InChI=1S/C66H90N8O8/c1-45(67-3)61(75)69-59(51-23-15-9-16-24-51)65(79)73-43-57(81-5)39-55(73)41-71(37-35-47-19-11-7-12-20-47)63(77)53-31-27-49(28-32-53)50-29-33-54(34-30-50)64(78)72(38-36-48-21-13-8-14-22-48)42-56-40-58(82-6)44-74(56)66(80)60(52-25-17-10-18-26-52)70-62(76)46(2)68-4/h7-8,11-14,19-22,27-34,45-46,51-52,55-60,67-68H,9-10,15-18,23-26,35-44H2,1-6H3,(H,69,75)(H,70,76)/t45-,46-,55-,56+,57-,58-,59-,60-/m0/s1. The van der Waals surface area contributed by atoms with Crippen molar-refractivity contribution in [1.82, 2.24) is 40.9 Å². The second kappa shape index (κ2) is 30.2. The summed E-state index contributed by atoms with van der Waals surface area (Å²) < 4.78 is 11.8. The van der Waals surface area contributed by atoms with Crippen LogP contribution in [0.2, 0.25) is 0 Å². The Kier molecular flexibility index (Phi) is 22.7. The highest BCUT2D eigenvalue weighted by Crippen LogP contribution is 2.33. The molecule has 8 rings (SSSR count). The summed E-state index contributed by atoms with van der Waals surface area (Å²) in [5, 5.41) is 12.3. The fraction of sp³-hybridized carbons (Fsp3) is 0.545. The van der Waals surface area contributed by atoms with Crippen molar-refractivity contribution in [2.45, 2.75) is 152 Å². The molecular weight excluding hydrogens is 1030 g/mol. The number of nitrogens with zero attached hydrogens (tertiary/aromatic N) is 4. The number of likely N-dealkylation sites (tertiary alicyclic amines) is 2. The molecule has 4 N–H and O–H groups in total. The Bertz CT molecular complexity index is 2520. The predicted octanol–water partition coefficient (Wildman–Crippen LogP) is 7.30. The molecule has 8 atom stereocenters. The van der Waals surface area contributed by atoms with Crippen molar-refractivity contribution in [3.05, 3.63) is 131 Å². The van der Waals surface area contributed by atoms with Crippen LogP contribution in [0, 0.1) is 11.8 Å². The van der Waals surface area contributed by atoms with Crippen LogP contribution in [-0.4, -0.2) is 171 Å². The third-order valence-corrected chi connectivity index (χ3v) is 18.1. The molecule has 0 spiro atoms. The Morgan fingerprint density at radius 2 is 0.866 bits per heavy atom. The summed E-state index contributed by atoms with van der Waals surface area (Å²) in [6.45, 7) is 5.79. The van der Waals surface area contributed by atoms with Gasteiger partial charge in [0.2, 0.25) is 23.6 Å². The van der Waals surface area contributed by atoms with E-state index in [2.05, 4.69) is 45.5 Å². The number of nitrogens with one attached hydrogen (secondary N) is 4. The molecule has 0 bridgehead atoms. The number of amides is 6. The lowest BCUT2D eigenvalue weighted by Gasteiger charge is -2.37. The van der Waals surface area contributed by atoms with Gasteiger partial charge in [-0.1, -0.05) is 123 Å². The Labute approximate surface area is 486 Å². The van der Waals surface area contributed by atoms with Crippen LogP contribution in [0.1, 0.15) is 123 Å². The number of methoxy groups -OCH3 is 2. The first-order chi connectivity index (χ1) is 39.8. The molecular formula is C66H90N8O8. The van der Waals surface area contributed by atoms with E-state index in [0.29, 0.717) is 76.1 Å². The molecule has 4 aromatic rings. The fourth-order valence-corrected chi connectivity index (χ4v) is 12.7. The van der Waals surface area contributed by atoms with Crippen LogP contribution in [-0.2, 0) is 41.5 Å². The molecule has 0 radical (unpaired) electrons. The maximum atomic E-state index is 14.8. The Hall–Kier alpha value is -6.46. The maximum absolute atomic E-state index is 14.8. The van der Waals surface area contributed by atoms with E-state index in [4.69, 9.17) is 9.47 Å². The van der Waals surface area contributed by atoms with Gasteiger partial charge in [-0.15, -0.1) is 0 Å². The van der Waals surface area contributed by atoms with Crippen LogP contribution in [0.5, 0.6) is 0 Å². The van der Waals surface area contributed by atoms with Crippen LogP contribution >= 0.6 is 0 Å². The largest absolute Gasteiger partial charge is 0.380 e. The smallest absolute Gasteiger partial charge is 0.253 e. The zero-order valence-corrected chi connectivity index (χ0v) is 49.4. The first-order valence-corrected chi connectivity index (χ1v) is 30.3. The molecule has 4 aliphatic rings. The summed E-state index contributed by atoms with van der Waals surface area (Å²) in [5.74, 6) is -0.894. The first-order valence-electron chi connectivity index (χ1n) is 30.3. The van der Waals surface area contributed by atoms with Crippen LogP contribution in [0.15, 0.2) is 109 Å². The van der Waals surface area contributed by atoms with E-state index in [1.807, 2.05) is 105 Å². The van der Waals surface area contributed by atoms with E-state index in [1.54, 1.807) is 42.2 Å². The molecule has 0 aromatic heterocycles. The molecule has 16 nitrogen and oxygen atoms in total. The summed E-state index contributed by atoms with van der Waals surface area (Å²) in [6, 6.07) is 32.4. The summed E-state index contributed by atoms with van der Waals surface area (Å²) in [7, 11) is 6.80. The first kappa shape index (κ1) is 61.6. The molecule has 2 aliphatic carbocycles. The number of rotatable bonds is 25. The number of likely N-dealkylation sites (N-methyl/N-ethyl adjacent to an activating group) is 2. The molecule has 82 heavy (non-hydrogen) atoms. The van der Waals surface area contributed by atoms with Crippen LogP contribution < -0.4 is 21.3 Å². The molecule has 2 aliphatic heterocycles. The van der Waals surface area contributed by atoms with Crippen molar-refractivity contribution in [2.24, 2.45) is 11.8 Å². The van der Waals surface area contributed by atoms with Gasteiger partial charge in [0, 0.05) is 64.6 Å². The highest BCUT2D eigenvalue weighted by atomic mass is 16.5. The minimum atomic E-state index is -0.670. The molecule has 0 unspecified atom stereocenters. The second-order valence-electron chi connectivity index (χ2n) is 23.4. The molecule has 2 saturated heterocycles. The van der Waals surface area contributed by atoms with Gasteiger partial charge in [-0.25, -0.2) is 0 Å². The maximum Gasteiger partial charge on any atom is 0.253 e.